The zero-order valence-corrected chi connectivity index (χ0v) is 31.4. The van der Waals surface area contributed by atoms with Gasteiger partial charge in [-0.2, -0.15) is 16.8 Å². The van der Waals surface area contributed by atoms with Crippen LogP contribution in [-0.4, -0.2) is 40.2 Å². The summed E-state index contributed by atoms with van der Waals surface area (Å²) in [6.07, 6.45) is 0. The summed E-state index contributed by atoms with van der Waals surface area (Å²) in [4.78, 5) is -1.29. The van der Waals surface area contributed by atoms with Crippen LogP contribution in [0.2, 0.25) is 0 Å². The number of benzene rings is 5. The van der Waals surface area contributed by atoms with Crippen molar-refractivity contribution >= 4 is 43.0 Å². The zero-order chi connectivity index (χ0) is 37.4. The second-order valence-corrected chi connectivity index (χ2v) is 15.5. The number of anilines is 4. The van der Waals surface area contributed by atoms with Crippen LogP contribution in [0, 0.1) is 41.5 Å². The van der Waals surface area contributed by atoms with Gasteiger partial charge in [-0.25, -0.2) is 0 Å². The van der Waals surface area contributed by atoms with Crippen molar-refractivity contribution < 1.29 is 35.4 Å². The molecular formula is C39H42N2O8S2. The van der Waals surface area contributed by atoms with E-state index in [0.29, 0.717) is 11.1 Å². The first-order valence-corrected chi connectivity index (χ1v) is 18.9. The highest BCUT2D eigenvalue weighted by Gasteiger charge is 2.28. The maximum Gasteiger partial charge on any atom is 0.294 e. The van der Waals surface area contributed by atoms with Gasteiger partial charge in [0.05, 0.1) is 24.0 Å². The van der Waals surface area contributed by atoms with E-state index < -0.39 is 35.9 Å². The van der Waals surface area contributed by atoms with E-state index in [1.165, 1.54) is 6.07 Å². The van der Waals surface area contributed by atoms with Gasteiger partial charge >= 0.3 is 0 Å². The van der Waals surface area contributed by atoms with E-state index in [9.17, 15) is 25.9 Å². The smallest absolute Gasteiger partial charge is 0.294 e. The molecule has 0 aliphatic carbocycles. The molecule has 268 valence electrons. The Morgan fingerprint density at radius 3 is 1.31 bits per heavy atom. The predicted molar refractivity (Wildman–Crippen MR) is 201 cm³/mol. The first-order chi connectivity index (χ1) is 23.9. The Hall–Kier alpha value is -4.88. The summed E-state index contributed by atoms with van der Waals surface area (Å²) in [5, 5.41) is 6.94. The van der Waals surface area contributed by atoms with Gasteiger partial charge in [0.25, 0.3) is 20.2 Å². The lowest BCUT2D eigenvalue weighted by atomic mass is 9.85. The van der Waals surface area contributed by atoms with Crippen LogP contribution in [0.3, 0.4) is 0 Å². The summed E-state index contributed by atoms with van der Waals surface area (Å²) in [6, 6.07) is 22.1. The minimum Gasteiger partial charge on any atom is -0.496 e. The van der Waals surface area contributed by atoms with Crippen molar-refractivity contribution in [3.63, 3.8) is 0 Å². The van der Waals surface area contributed by atoms with Crippen LogP contribution in [0.25, 0.3) is 0 Å². The average Bonchev–Trinajstić information content (AvgIpc) is 3.06. The minimum absolute atomic E-state index is 0.122. The summed E-state index contributed by atoms with van der Waals surface area (Å²) >= 11 is 0. The Labute approximate surface area is 300 Å². The van der Waals surface area contributed by atoms with Gasteiger partial charge in [0.1, 0.15) is 11.5 Å². The molecule has 5 aromatic carbocycles. The maximum absolute atomic E-state index is 12.7. The highest BCUT2D eigenvalue weighted by molar-refractivity contribution is 7.86. The third kappa shape index (κ3) is 7.74. The van der Waals surface area contributed by atoms with Gasteiger partial charge in [-0.05, 0) is 117 Å². The van der Waals surface area contributed by atoms with Gasteiger partial charge in [-0.1, -0.05) is 42.5 Å². The maximum atomic E-state index is 12.7. The Kier molecular flexibility index (Phi) is 10.5. The van der Waals surface area contributed by atoms with Crippen LogP contribution < -0.4 is 20.1 Å². The van der Waals surface area contributed by atoms with Crippen molar-refractivity contribution in [2.45, 2.75) is 57.3 Å². The fourth-order valence-electron chi connectivity index (χ4n) is 6.84. The topological polar surface area (TPSA) is 151 Å². The molecule has 4 N–H and O–H groups in total. The molecule has 0 saturated heterocycles. The molecule has 5 aromatic rings. The molecule has 10 nitrogen and oxygen atoms in total. The first-order valence-electron chi connectivity index (χ1n) is 16.1. The van der Waals surface area contributed by atoms with E-state index in [1.54, 1.807) is 14.2 Å². The minimum atomic E-state index is -4.94. The second-order valence-electron chi connectivity index (χ2n) is 12.7. The molecule has 0 aliphatic rings. The van der Waals surface area contributed by atoms with E-state index in [2.05, 4.69) is 10.6 Å². The monoisotopic (exact) mass is 730 g/mol. The average molecular weight is 731 g/mol. The molecule has 0 aliphatic heterocycles. The standard InChI is InChI=1S/C39H42N2O8S2/c1-22-19-24(3)38(48-7)26(5)36(22)40-30-13-9-28(10-14-30)35(33-18-17-32(50(42,43)44)21-34(33)51(45,46)47)29-11-15-31(16-12-29)41-37-23(2)20-25(4)39(49-8)27(37)6/h9-21,35,40-41H,1-8H3,(H,42,43,44)(H,45,46,47). The van der Waals surface area contributed by atoms with Gasteiger partial charge in [0.2, 0.25) is 0 Å². The van der Waals surface area contributed by atoms with Crippen LogP contribution in [-0.2, 0) is 20.2 Å². The molecule has 0 amide bonds. The molecule has 0 radical (unpaired) electrons. The number of ether oxygens (including phenoxy) is 2. The molecule has 0 fully saturated rings. The van der Waals surface area contributed by atoms with Gasteiger partial charge in [0.15, 0.2) is 0 Å². The van der Waals surface area contributed by atoms with Gasteiger partial charge in [-0.15, -0.1) is 0 Å². The molecule has 51 heavy (non-hydrogen) atoms. The second kappa shape index (κ2) is 14.4. The SMILES string of the molecule is COc1c(C)cc(C)c(Nc2ccc(C(c3ccc(Nc4c(C)cc(C)c(OC)c4C)cc3)c3ccc(S(=O)(=O)O)cc3S(=O)(=O)O)cc2)c1C. The normalized spacial score (nSPS) is 11.8. The Balaban J connectivity index is 1.61. The first kappa shape index (κ1) is 37.4. The van der Waals surface area contributed by atoms with Gasteiger partial charge in [-0.3, -0.25) is 9.11 Å². The molecular weight excluding hydrogens is 689 g/mol. The van der Waals surface area contributed by atoms with Crippen molar-refractivity contribution in [2.75, 3.05) is 24.9 Å². The van der Waals surface area contributed by atoms with Crippen LogP contribution in [0.15, 0.2) is 88.7 Å². The predicted octanol–water partition coefficient (Wildman–Crippen LogP) is 8.72. The Morgan fingerprint density at radius 1 is 0.549 bits per heavy atom. The lowest BCUT2D eigenvalue weighted by Gasteiger charge is -2.23. The third-order valence-electron chi connectivity index (χ3n) is 9.11. The van der Waals surface area contributed by atoms with E-state index in [4.69, 9.17) is 9.47 Å². The fourth-order valence-corrected chi connectivity index (χ4v) is 8.18. The van der Waals surface area contributed by atoms with E-state index in [-0.39, 0.29) is 5.56 Å². The lowest BCUT2D eigenvalue weighted by Crippen LogP contribution is -2.12. The molecule has 0 atom stereocenters. The number of aryl methyl sites for hydroxylation is 4. The number of nitrogens with one attached hydrogen (secondary N) is 2. The molecule has 0 aromatic heterocycles. The summed E-state index contributed by atoms with van der Waals surface area (Å²) < 4.78 is 80.6. The van der Waals surface area contributed by atoms with Crippen LogP contribution in [0.5, 0.6) is 11.5 Å². The molecule has 5 rings (SSSR count). The fraction of sp³-hybridized carbons (Fsp3) is 0.231. The van der Waals surface area contributed by atoms with Gasteiger partial charge in [0, 0.05) is 39.8 Å². The quantitative estimate of drug-likeness (QED) is 0.0767. The van der Waals surface area contributed by atoms with E-state index >= 15 is 0 Å². The highest BCUT2D eigenvalue weighted by Crippen LogP contribution is 2.40. The van der Waals surface area contributed by atoms with E-state index in [0.717, 1.165) is 79.8 Å². The molecule has 0 unspecified atom stereocenters. The van der Waals surface area contributed by atoms with Crippen molar-refractivity contribution in [1.82, 2.24) is 0 Å². The molecule has 12 heteroatoms. The largest absolute Gasteiger partial charge is 0.496 e. The summed E-state index contributed by atoms with van der Waals surface area (Å²) in [7, 11) is -6.43. The van der Waals surface area contributed by atoms with Gasteiger partial charge < -0.3 is 20.1 Å². The van der Waals surface area contributed by atoms with Crippen molar-refractivity contribution in [1.29, 1.82) is 0 Å². The third-order valence-corrected chi connectivity index (χ3v) is 10.9. The number of methoxy groups -OCH3 is 2. The molecule has 0 spiro atoms. The number of hydrogen-bond acceptors (Lipinski definition) is 8. The molecule has 0 heterocycles. The zero-order valence-electron chi connectivity index (χ0n) is 29.7. The number of rotatable bonds is 11. The van der Waals surface area contributed by atoms with Crippen LogP contribution in [0.1, 0.15) is 56.0 Å². The van der Waals surface area contributed by atoms with E-state index in [1.807, 2.05) is 102 Å². The van der Waals surface area contributed by atoms with Crippen molar-refractivity contribution in [3.8, 4) is 11.5 Å². The molecule has 0 saturated carbocycles. The van der Waals surface area contributed by atoms with Crippen molar-refractivity contribution in [2.24, 2.45) is 0 Å². The highest BCUT2D eigenvalue weighted by atomic mass is 32.2. The summed E-state index contributed by atoms with van der Waals surface area (Å²) in [6.45, 7) is 12.0. The Morgan fingerprint density at radius 2 is 0.961 bits per heavy atom. The van der Waals surface area contributed by atoms with Crippen LogP contribution >= 0.6 is 0 Å². The number of hydrogen-bond donors (Lipinski definition) is 4. The Bertz CT molecular complexity index is 2230. The van der Waals surface area contributed by atoms with Crippen LogP contribution in [0.4, 0.5) is 22.7 Å². The lowest BCUT2D eigenvalue weighted by molar-refractivity contribution is 0.408. The summed E-state index contributed by atoms with van der Waals surface area (Å²) in [5.74, 6) is 0.803. The molecule has 0 bridgehead atoms. The van der Waals surface area contributed by atoms with Crippen molar-refractivity contribution in [3.05, 3.63) is 129 Å². The summed E-state index contributed by atoms with van der Waals surface area (Å²) in [5.41, 5.74) is 10.8.